The molecule has 0 aromatic carbocycles. The Hall–Kier alpha value is -0.830. The molecule has 0 spiro atoms. The van der Waals surface area contributed by atoms with Crippen molar-refractivity contribution in [3.63, 3.8) is 0 Å². The van der Waals surface area contributed by atoms with Crippen LogP contribution in [0.1, 0.15) is 13.3 Å². The highest BCUT2D eigenvalue weighted by Crippen LogP contribution is 1.86. The Morgan fingerprint density at radius 3 is 2.73 bits per heavy atom. The van der Waals surface area contributed by atoms with Crippen LogP contribution in [0.25, 0.3) is 0 Å². The molecule has 64 valence electrons. The van der Waals surface area contributed by atoms with E-state index in [1.165, 1.54) is 6.08 Å². The summed E-state index contributed by atoms with van der Waals surface area (Å²) in [6.45, 7) is 6.09. The van der Waals surface area contributed by atoms with Gasteiger partial charge in [0, 0.05) is 12.6 Å². The van der Waals surface area contributed by atoms with Gasteiger partial charge < -0.3 is 10.6 Å². The van der Waals surface area contributed by atoms with E-state index in [4.69, 9.17) is 0 Å². The molecule has 0 aliphatic carbocycles. The van der Waals surface area contributed by atoms with Gasteiger partial charge in [0.2, 0.25) is 5.91 Å². The van der Waals surface area contributed by atoms with Crippen molar-refractivity contribution in [1.82, 2.24) is 10.6 Å². The van der Waals surface area contributed by atoms with Crippen LogP contribution in [0.2, 0.25) is 0 Å². The van der Waals surface area contributed by atoms with Gasteiger partial charge in [0.25, 0.3) is 0 Å². The molecule has 0 fully saturated rings. The number of nitrogens with one attached hydrogen (secondary N) is 2. The summed E-state index contributed by atoms with van der Waals surface area (Å²) in [5.41, 5.74) is 0. The molecule has 0 saturated carbocycles. The number of amides is 1. The highest BCUT2D eigenvalue weighted by atomic mass is 16.1. The molecule has 1 atom stereocenters. The molecule has 0 aliphatic rings. The minimum absolute atomic E-state index is 0.112. The van der Waals surface area contributed by atoms with Crippen LogP contribution in [0.4, 0.5) is 0 Å². The first-order chi connectivity index (χ1) is 5.24. The first-order valence-electron chi connectivity index (χ1n) is 3.82. The van der Waals surface area contributed by atoms with Gasteiger partial charge in [-0.1, -0.05) is 13.5 Å². The fourth-order valence-corrected chi connectivity index (χ4v) is 0.746. The van der Waals surface area contributed by atoms with Crippen molar-refractivity contribution in [2.75, 3.05) is 13.6 Å². The third kappa shape index (κ3) is 4.56. The second kappa shape index (κ2) is 5.92. The van der Waals surface area contributed by atoms with Gasteiger partial charge >= 0.3 is 0 Å². The molecule has 0 aromatic rings. The quantitative estimate of drug-likeness (QED) is 0.562. The average Bonchev–Trinajstić information content (AvgIpc) is 2.06. The fraction of sp³-hybridized carbons (Fsp3) is 0.625. The molecule has 3 nitrogen and oxygen atoms in total. The van der Waals surface area contributed by atoms with Gasteiger partial charge in [-0.2, -0.15) is 0 Å². The van der Waals surface area contributed by atoms with E-state index in [1.54, 1.807) is 0 Å². The second-order valence-corrected chi connectivity index (χ2v) is 2.34. The zero-order chi connectivity index (χ0) is 8.69. The number of likely N-dealkylation sites (N-methyl/N-ethyl adjacent to an activating group) is 1. The fourth-order valence-electron chi connectivity index (χ4n) is 0.746. The number of carbonyl (C=O) groups is 1. The van der Waals surface area contributed by atoms with Crippen molar-refractivity contribution < 1.29 is 4.79 Å². The Bertz CT molecular complexity index is 130. The minimum atomic E-state index is -0.112. The standard InChI is InChI=1S/C8H16N2O/c1-4-7(9-3)6-10-8(11)5-2/h5,7,9H,2,4,6H2,1,3H3,(H,10,11). The van der Waals surface area contributed by atoms with E-state index in [0.29, 0.717) is 12.6 Å². The molecule has 0 aromatic heterocycles. The SMILES string of the molecule is C=CC(=O)NCC(CC)NC. The van der Waals surface area contributed by atoms with Crippen molar-refractivity contribution in [2.45, 2.75) is 19.4 Å². The first-order valence-corrected chi connectivity index (χ1v) is 3.82. The van der Waals surface area contributed by atoms with E-state index in [9.17, 15) is 4.79 Å². The summed E-state index contributed by atoms with van der Waals surface area (Å²) >= 11 is 0. The molecule has 0 rings (SSSR count). The maximum Gasteiger partial charge on any atom is 0.243 e. The summed E-state index contributed by atoms with van der Waals surface area (Å²) in [4.78, 5) is 10.7. The van der Waals surface area contributed by atoms with Crippen molar-refractivity contribution in [3.05, 3.63) is 12.7 Å². The van der Waals surface area contributed by atoms with Gasteiger partial charge in [-0.15, -0.1) is 0 Å². The van der Waals surface area contributed by atoms with Crippen LogP contribution >= 0.6 is 0 Å². The Labute approximate surface area is 67.9 Å². The normalized spacial score (nSPS) is 12.2. The van der Waals surface area contributed by atoms with Crippen LogP contribution in [0.15, 0.2) is 12.7 Å². The highest BCUT2D eigenvalue weighted by molar-refractivity contribution is 5.86. The molecule has 0 radical (unpaired) electrons. The molecule has 0 aliphatic heterocycles. The molecule has 0 saturated heterocycles. The number of carbonyl (C=O) groups excluding carboxylic acids is 1. The molecule has 3 heteroatoms. The third-order valence-corrected chi connectivity index (χ3v) is 1.61. The highest BCUT2D eigenvalue weighted by Gasteiger charge is 2.02. The Kier molecular flexibility index (Phi) is 5.47. The molecule has 2 N–H and O–H groups in total. The topological polar surface area (TPSA) is 41.1 Å². The molecular weight excluding hydrogens is 140 g/mol. The van der Waals surface area contributed by atoms with Crippen LogP contribution in [0.5, 0.6) is 0 Å². The lowest BCUT2D eigenvalue weighted by atomic mass is 10.2. The Balaban J connectivity index is 3.49. The summed E-state index contributed by atoms with van der Waals surface area (Å²) in [6.07, 6.45) is 2.29. The van der Waals surface area contributed by atoms with Crippen molar-refractivity contribution >= 4 is 5.91 Å². The van der Waals surface area contributed by atoms with Gasteiger partial charge in [0.05, 0.1) is 0 Å². The second-order valence-electron chi connectivity index (χ2n) is 2.34. The van der Waals surface area contributed by atoms with Crippen LogP contribution in [0.3, 0.4) is 0 Å². The number of hydrogen-bond donors (Lipinski definition) is 2. The zero-order valence-electron chi connectivity index (χ0n) is 7.18. The van der Waals surface area contributed by atoms with E-state index >= 15 is 0 Å². The average molecular weight is 156 g/mol. The monoisotopic (exact) mass is 156 g/mol. The number of hydrogen-bond acceptors (Lipinski definition) is 2. The molecule has 1 amide bonds. The van der Waals surface area contributed by atoms with Crippen LogP contribution < -0.4 is 10.6 Å². The molecular formula is C8H16N2O. The Morgan fingerprint density at radius 1 is 1.73 bits per heavy atom. The molecule has 0 bridgehead atoms. The smallest absolute Gasteiger partial charge is 0.243 e. The van der Waals surface area contributed by atoms with Gasteiger partial charge in [-0.25, -0.2) is 0 Å². The predicted octanol–water partition coefficient (Wildman–Crippen LogP) is 0.287. The van der Waals surface area contributed by atoms with Gasteiger partial charge in [-0.3, -0.25) is 4.79 Å². The van der Waals surface area contributed by atoms with Crippen molar-refractivity contribution in [2.24, 2.45) is 0 Å². The maximum atomic E-state index is 10.7. The maximum absolute atomic E-state index is 10.7. The number of rotatable bonds is 5. The Morgan fingerprint density at radius 2 is 2.36 bits per heavy atom. The van der Waals surface area contributed by atoms with Crippen molar-refractivity contribution in [3.8, 4) is 0 Å². The van der Waals surface area contributed by atoms with Crippen LogP contribution in [-0.4, -0.2) is 25.5 Å². The first kappa shape index (κ1) is 10.2. The summed E-state index contributed by atoms with van der Waals surface area (Å²) in [6, 6.07) is 0.360. The van der Waals surface area contributed by atoms with E-state index < -0.39 is 0 Å². The molecule has 1 unspecified atom stereocenters. The summed E-state index contributed by atoms with van der Waals surface area (Å²) in [5, 5.41) is 5.80. The molecule has 0 heterocycles. The van der Waals surface area contributed by atoms with Crippen molar-refractivity contribution in [1.29, 1.82) is 0 Å². The van der Waals surface area contributed by atoms with Gasteiger partial charge in [-0.05, 0) is 19.5 Å². The molecule has 11 heavy (non-hydrogen) atoms. The largest absolute Gasteiger partial charge is 0.351 e. The lowest BCUT2D eigenvalue weighted by Gasteiger charge is -2.13. The lowest BCUT2D eigenvalue weighted by Crippen LogP contribution is -2.38. The third-order valence-electron chi connectivity index (χ3n) is 1.61. The zero-order valence-corrected chi connectivity index (χ0v) is 7.18. The van der Waals surface area contributed by atoms with E-state index in [0.717, 1.165) is 6.42 Å². The van der Waals surface area contributed by atoms with E-state index in [1.807, 2.05) is 7.05 Å². The van der Waals surface area contributed by atoms with E-state index in [2.05, 4.69) is 24.1 Å². The van der Waals surface area contributed by atoms with Crippen LogP contribution in [-0.2, 0) is 4.79 Å². The summed E-state index contributed by atoms with van der Waals surface area (Å²) in [7, 11) is 1.88. The summed E-state index contributed by atoms with van der Waals surface area (Å²) < 4.78 is 0. The van der Waals surface area contributed by atoms with Crippen LogP contribution in [0, 0.1) is 0 Å². The summed E-state index contributed by atoms with van der Waals surface area (Å²) in [5.74, 6) is -0.112. The van der Waals surface area contributed by atoms with E-state index in [-0.39, 0.29) is 5.91 Å². The van der Waals surface area contributed by atoms with Gasteiger partial charge in [0.15, 0.2) is 0 Å². The van der Waals surface area contributed by atoms with Gasteiger partial charge in [0.1, 0.15) is 0 Å². The minimum Gasteiger partial charge on any atom is -0.351 e. The predicted molar refractivity (Wildman–Crippen MR) is 46.3 cm³/mol. The lowest BCUT2D eigenvalue weighted by molar-refractivity contribution is -0.116.